The van der Waals surface area contributed by atoms with Crippen molar-refractivity contribution >= 4 is 29.3 Å². The molecule has 2 heterocycles. The number of hydrogen-bond acceptors (Lipinski definition) is 4. The minimum atomic E-state index is -0.621. The van der Waals surface area contributed by atoms with Crippen molar-refractivity contribution < 1.29 is 19.2 Å². The molecule has 3 fully saturated rings. The van der Waals surface area contributed by atoms with Crippen LogP contribution in [-0.2, 0) is 30.0 Å². The van der Waals surface area contributed by atoms with Gasteiger partial charge in [0.1, 0.15) is 0 Å². The van der Waals surface area contributed by atoms with Crippen LogP contribution in [0.15, 0.2) is 78.9 Å². The number of anilines is 1. The lowest BCUT2D eigenvalue weighted by atomic mass is 9.48. The molecular weight excluding hydrogens is 512 g/mol. The van der Waals surface area contributed by atoms with Gasteiger partial charge in [0.25, 0.3) is 0 Å². The standard InChI is InChI=1S/C35H28N2O4/c1-34-20-8-4-6-10-22(20)35(2,23-11-7-5-9-21(23)34)25-16-17(12-15-24(25)34)37-32(40)28-18-13-14-19(29(28)33(37)41)27-26(18)30(38)36(3)31(27)39/h4-16,18-19,26-29H,1-3H3. The van der Waals surface area contributed by atoms with Crippen LogP contribution in [-0.4, -0.2) is 35.6 Å². The third kappa shape index (κ3) is 2.33. The van der Waals surface area contributed by atoms with Gasteiger partial charge < -0.3 is 0 Å². The lowest BCUT2D eigenvalue weighted by Gasteiger charge is -2.54. The fourth-order valence-corrected chi connectivity index (χ4v) is 9.73. The van der Waals surface area contributed by atoms with E-state index in [1.54, 1.807) is 0 Å². The van der Waals surface area contributed by atoms with E-state index in [1.165, 1.54) is 44.7 Å². The summed E-state index contributed by atoms with van der Waals surface area (Å²) in [4.78, 5) is 56.9. The number of imide groups is 2. The fourth-order valence-electron chi connectivity index (χ4n) is 9.73. The molecule has 6 atom stereocenters. The molecule has 6 aliphatic carbocycles. The molecule has 4 bridgehead atoms. The number of benzene rings is 3. The van der Waals surface area contributed by atoms with Crippen molar-refractivity contribution in [2.24, 2.45) is 35.5 Å². The lowest BCUT2D eigenvalue weighted by molar-refractivity contribution is -0.138. The Balaban J connectivity index is 1.19. The summed E-state index contributed by atoms with van der Waals surface area (Å²) >= 11 is 0. The van der Waals surface area contributed by atoms with E-state index < -0.39 is 40.9 Å². The molecule has 1 saturated carbocycles. The Morgan fingerprint density at radius 1 is 0.537 bits per heavy atom. The Morgan fingerprint density at radius 2 is 0.927 bits per heavy atom. The number of allylic oxidation sites excluding steroid dienone is 2. The Bertz CT molecular complexity index is 1740. The summed E-state index contributed by atoms with van der Waals surface area (Å²) in [5.41, 5.74) is 7.12. The molecule has 6 unspecified atom stereocenters. The van der Waals surface area contributed by atoms with Crippen LogP contribution in [0.3, 0.4) is 0 Å². The largest absolute Gasteiger partial charge is 0.285 e. The molecule has 4 amide bonds. The third-order valence-corrected chi connectivity index (χ3v) is 11.6. The number of likely N-dealkylation sites (tertiary alicyclic amines) is 1. The maximum Gasteiger partial charge on any atom is 0.238 e. The van der Waals surface area contributed by atoms with Crippen LogP contribution in [0, 0.1) is 35.5 Å². The Morgan fingerprint density at radius 3 is 1.39 bits per heavy atom. The van der Waals surface area contributed by atoms with Gasteiger partial charge in [0.2, 0.25) is 23.6 Å². The van der Waals surface area contributed by atoms with E-state index in [0.29, 0.717) is 5.69 Å². The van der Waals surface area contributed by atoms with E-state index >= 15 is 0 Å². The summed E-state index contributed by atoms with van der Waals surface area (Å²) < 4.78 is 0. The van der Waals surface area contributed by atoms with Crippen LogP contribution in [0.5, 0.6) is 0 Å². The van der Waals surface area contributed by atoms with E-state index in [4.69, 9.17) is 0 Å². The fraction of sp³-hybridized carbons (Fsp3) is 0.314. The van der Waals surface area contributed by atoms with Crippen LogP contribution in [0.25, 0.3) is 0 Å². The molecule has 3 aromatic carbocycles. The van der Waals surface area contributed by atoms with Crippen molar-refractivity contribution in [3.05, 3.63) is 112 Å². The van der Waals surface area contributed by atoms with Gasteiger partial charge in [-0.15, -0.1) is 0 Å². The van der Waals surface area contributed by atoms with Crippen LogP contribution < -0.4 is 4.90 Å². The number of amides is 4. The molecule has 0 N–H and O–H groups in total. The quantitative estimate of drug-likeness (QED) is 0.343. The zero-order chi connectivity index (χ0) is 28.2. The molecule has 8 aliphatic rings. The van der Waals surface area contributed by atoms with Crippen molar-refractivity contribution in [3.63, 3.8) is 0 Å². The summed E-state index contributed by atoms with van der Waals surface area (Å²) in [6.07, 6.45) is 3.82. The number of carbonyl (C=O) groups is 4. The van der Waals surface area contributed by atoms with Crippen LogP contribution in [0.4, 0.5) is 5.69 Å². The maximum absolute atomic E-state index is 14.1. The maximum atomic E-state index is 14.1. The van der Waals surface area contributed by atoms with Gasteiger partial charge in [-0.25, -0.2) is 0 Å². The number of rotatable bonds is 1. The summed E-state index contributed by atoms with van der Waals surface area (Å²) in [7, 11) is 1.51. The van der Waals surface area contributed by atoms with Crippen molar-refractivity contribution in [1.29, 1.82) is 0 Å². The smallest absolute Gasteiger partial charge is 0.238 e. The lowest BCUT2D eigenvalue weighted by Crippen LogP contribution is -2.50. The van der Waals surface area contributed by atoms with Crippen molar-refractivity contribution in [2.75, 3.05) is 11.9 Å². The molecule has 202 valence electrons. The molecule has 11 rings (SSSR count). The summed E-state index contributed by atoms with van der Waals surface area (Å²) in [6.45, 7) is 4.52. The third-order valence-electron chi connectivity index (χ3n) is 11.6. The molecule has 0 spiro atoms. The molecular formula is C35H28N2O4. The summed E-state index contributed by atoms with van der Waals surface area (Å²) in [5.74, 6) is -4.24. The van der Waals surface area contributed by atoms with E-state index in [2.05, 4.69) is 68.4 Å². The summed E-state index contributed by atoms with van der Waals surface area (Å²) in [5, 5.41) is 0. The average molecular weight is 541 g/mol. The van der Waals surface area contributed by atoms with E-state index in [-0.39, 0.29) is 29.0 Å². The number of hydrogen-bond donors (Lipinski definition) is 0. The van der Waals surface area contributed by atoms with Gasteiger partial charge in [-0.3, -0.25) is 29.0 Å². The Hall–Kier alpha value is -4.32. The Kier molecular flexibility index (Phi) is 4.06. The molecule has 0 radical (unpaired) electrons. The number of carbonyl (C=O) groups excluding carboxylic acids is 4. The summed E-state index contributed by atoms with van der Waals surface area (Å²) in [6, 6.07) is 23.3. The molecule has 3 aromatic rings. The second kappa shape index (κ2) is 7.11. The predicted molar refractivity (Wildman–Crippen MR) is 151 cm³/mol. The van der Waals surface area contributed by atoms with Crippen molar-refractivity contribution in [1.82, 2.24) is 4.90 Å². The van der Waals surface area contributed by atoms with E-state index in [0.717, 1.165) is 5.56 Å². The highest BCUT2D eigenvalue weighted by Crippen LogP contribution is 2.63. The second-order valence-electron chi connectivity index (χ2n) is 13.0. The molecule has 2 aliphatic heterocycles. The van der Waals surface area contributed by atoms with Gasteiger partial charge in [0.05, 0.1) is 29.4 Å². The first kappa shape index (κ1) is 23.4. The molecule has 0 aromatic heterocycles. The molecule has 41 heavy (non-hydrogen) atoms. The first-order valence-corrected chi connectivity index (χ1v) is 14.4. The zero-order valence-electron chi connectivity index (χ0n) is 23.0. The minimum Gasteiger partial charge on any atom is -0.285 e. The van der Waals surface area contributed by atoms with Crippen molar-refractivity contribution in [2.45, 2.75) is 24.7 Å². The SMILES string of the molecule is CN1C(=O)C2C3C=CC(C2C1=O)C1C(=O)N(c2ccc4c(c2)C2(C)c5ccccc5C4(C)c4ccccc42)C(=O)C31. The van der Waals surface area contributed by atoms with Gasteiger partial charge in [0, 0.05) is 29.7 Å². The zero-order valence-corrected chi connectivity index (χ0v) is 23.0. The van der Waals surface area contributed by atoms with Gasteiger partial charge in [-0.05, 0) is 59.4 Å². The average Bonchev–Trinajstić information content (AvgIpc) is 3.41. The first-order chi connectivity index (χ1) is 19.7. The van der Waals surface area contributed by atoms with Crippen LogP contribution >= 0.6 is 0 Å². The van der Waals surface area contributed by atoms with Crippen LogP contribution in [0.2, 0.25) is 0 Å². The molecule has 6 heteroatoms. The highest BCUT2D eigenvalue weighted by molar-refractivity contribution is 6.23. The monoisotopic (exact) mass is 540 g/mol. The molecule has 6 nitrogen and oxygen atoms in total. The van der Waals surface area contributed by atoms with Gasteiger partial charge in [-0.1, -0.05) is 66.7 Å². The van der Waals surface area contributed by atoms with Gasteiger partial charge >= 0.3 is 0 Å². The van der Waals surface area contributed by atoms with E-state index in [1.807, 2.05) is 24.3 Å². The molecule has 2 saturated heterocycles. The predicted octanol–water partition coefficient (Wildman–Crippen LogP) is 4.17. The van der Waals surface area contributed by atoms with Crippen LogP contribution in [0.1, 0.15) is 47.2 Å². The van der Waals surface area contributed by atoms with Crippen molar-refractivity contribution in [3.8, 4) is 0 Å². The van der Waals surface area contributed by atoms with Gasteiger partial charge in [-0.2, -0.15) is 0 Å². The van der Waals surface area contributed by atoms with Gasteiger partial charge in [0.15, 0.2) is 0 Å². The first-order valence-electron chi connectivity index (χ1n) is 14.4. The highest BCUT2D eigenvalue weighted by atomic mass is 16.2. The highest BCUT2D eigenvalue weighted by Gasteiger charge is 2.68. The Labute approximate surface area is 237 Å². The number of nitrogens with zero attached hydrogens (tertiary/aromatic N) is 2. The van der Waals surface area contributed by atoms with E-state index in [9.17, 15) is 19.2 Å². The topological polar surface area (TPSA) is 74.8 Å². The second-order valence-corrected chi connectivity index (χ2v) is 13.0. The normalized spacial score (nSPS) is 36.9. The minimum absolute atomic E-state index is 0.236.